The average Bonchev–Trinajstić information content (AvgIpc) is 3.47. The Bertz CT molecular complexity index is 1140. The normalized spacial score (nSPS) is 19.4. The summed E-state index contributed by atoms with van der Waals surface area (Å²) in [5.41, 5.74) is 2.77. The highest BCUT2D eigenvalue weighted by molar-refractivity contribution is 5.95. The molecule has 5 rings (SSSR count). The summed E-state index contributed by atoms with van der Waals surface area (Å²) in [6.07, 6.45) is 5.92. The van der Waals surface area contributed by atoms with Crippen LogP contribution in [0.3, 0.4) is 0 Å². The quantitative estimate of drug-likeness (QED) is 0.599. The maximum absolute atomic E-state index is 13.4. The number of carbonyl (C=O) groups excluding carboxylic acids is 1. The molecule has 1 amide bonds. The molecule has 1 saturated heterocycles. The van der Waals surface area contributed by atoms with E-state index in [0.29, 0.717) is 23.8 Å². The van der Waals surface area contributed by atoms with Crippen LogP contribution in [0, 0.1) is 5.92 Å². The Hall–Kier alpha value is -3.28. The molecule has 2 aromatic heterocycles. The minimum Gasteiger partial charge on any atom is -0.497 e. The first-order valence-electron chi connectivity index (χ1n) is 11.4. The predicted octanol–water partition coefficient (Wildman–Crippen LogP) is 4.49. The van der Waals surface area contributed by atoms with Crippen molar-refractivity contribution in [1.29, 1.82) is 0 Å². The molecule has 1 spiro atoms. The van der Waals surface area contributed by atoms with E-state index in [-0.39, 0.29) is 11.4 Å². The maximum atomic E-state index is 13.4. The molecule has 32 heavy (non-hydrogen) atoms. The van der Waals surface area contributed by atoms with Gasteiger partial charge in [-0.15, -0.1) is 0 Å². The van der Waals surface area contributed by atoms with Crippen LogP contribution in [0.2, 0.25) is 0 Å². The van der Waals surface area contributed by atoms with Crippen LogP contribution in [-0.4, -0.2) is 47.1 Å². The number of methoxy groups -OCH3 is 1. The molecule has 0 radical (unpaired) electrons. The molecular formula is C26H30N4O2. The largest absolute Gasteiger partial charge is 0.497 e. The van der Waals surface area contributed by atoms with E-state index in [0.717, 1.165) is 37.4 Å². The van der Waals surface area contributed by atoms with Crippen LogP contribution in [0.5, 0.6) is 5.75 Å². The van der Waals surface area contributed by atoms with Crippen molar-refractivity contribution in [1.82, 2.24) is 14.5 Å². The SMILES string of the molecule is COc1cccc(C(=O)N2CCC3(C2)c2cccn2-c2ncccc2N3CCC(C)C)c1. The van der Waals surface area contributed by atoms with E-state index in [2.05, 4.69) is 47.7 Å². The fourth-order valence-electron chi connectivity index (χ4n) is 5.16. The molecule has 1 unspecified atom stereocenters. The summed E-state index contributed by atoms with van der Waals surface area (Å²) in [5, 5.41) is 0. The van der Waals surface area contributed by atoms with Crippen LogP contribution in [0.15, 0.2) is 60.9 Å². The summed E-state index contributed by atoms with van der Waals surface area (Å²) in [4.78, 5) is 22.7. The number of benzene rings is 1. The molecule has 3 aromatic rings. The van der Waals surface area contributed by atoms with Crippen molar-refractivity contribution >= 4 is 11.6 Å². The smallest absolute Gasteiger partial charge is 0.254 e. The third-order valence-corrected chi connectivity index (χ3v) is 6.81. The topological polar surface area (TPSA) is 50.6 Å². The number of amides is 1. The van der Waals surface area contributed by atoms with Crippen molar-refractivity contribution in [3.05, 3.63) is 72.2 Å². The van der Waals surface area contributed by atoms with Gasteiger partial charge in [-0.2, -0.15) is 0 Å². The standard InChI is InChI=1S/C26H30N4O2/c1-19(2)11-15-30-22-9-5-13-27-24(22)29-14-6-10-23(29)26(30)12-16-28(18-26)25(31)20-7-4-8-21(17-20)32-3/h4-10,13-14,17,19H,11-12,15-16,18H2,1-3H3. The predicted molar refractivity (Wildman–Crippen MR) is 126 cm³/mol. The zero-order valence-electron chi connectivity index (χ0n) is 19.0. The third-order valence-electron chi connectivity index (χ3n) is 6.81. The molecule has 166 valence electrons. The molecule has 1 aromatic carbocycles. The van der Waals surface area contributed by atoms with Gasteiger partial charge in [0.05, 0.1) is 18.5 Å². The maximum Gasteiger partial charge on any atom is 0.254 e. The molecule has 1 atom stereocenters. The lowest BCUT2D eigenvalue weighted by Crippen LogP contribution is -2.53. The first-order valence-corrected chi connectivity index (χ1v) is 11.4. The highest BCUT2D eigenvalue weighted by Crippen LogP contribution is 2.47. The van der Waals surface area contributed by atoms with Crippen molar-refractivity contribution in [3.63, 3.8) is 0 Å². The molecular weight excluding hydrogens is 400 g/mol. The minimum atomic E-state index is -0.261. The summed E-state index contributed by atoms with van der Waals surface area (Å²) in [7, 11) is 1.63. The van der Waals surface area contributed by atoms with Gasteiger partial charge < -0.3 is 19.1 Å². The second kappa shape index (κ2) is 8.01. The van der Waals surface area contributed by atoms with Crippen molar-refractivity contribution in [2.24, 2.45) is 5.92 Å². The summed E-state index contributed by atoms with van der Waals surface area (Å²) >= 11 is 0. The Balaban J connectivity index is 1.54. The number of hydrogen-bond donors (Lipinski definition) is 0. The number of aromatic nitrogens is 2. The lowest BCUT2D eigenvalue weighted by molar-refractivity contribution is 0.0781. The number of anilines is 1. The number of nitrogens with zero attached hydrogens (tertiary/aromatic N) is 4. The lowest BCUT2D eigenvalue weighted by Gasteiger charge is -2.47. The fourth-order valence-corrected chi connectivity index (χ4v) is 5.16. The zero-order valence-corrected chi connectivity index (χ0v) is 19.0. The van der Waals surface area contributed by atoms with Crippen LogP contribution in [0.4, 0.5) is 5.69 Å². The monoisotopic (exact) mass is 430 g/mol. The number of ether oxygens (including phenoxy) is 1. The van der Waals surface area contributed by atoms with Gasteiger partial charge in [-0.25, -0.2) is 4.98 Å². The van der Waals surface area contributed by atoms with Crippen molar-refractivity contribution < 1.29 is 9.53 Å². The Morgan fingerprint density at radius 3 is 2.88 bits per heavy atom. The van der Waals surface area contributed by atoms with E-state index in [1.807, 2.05) is 41.4 Å². The van der Waals surface area contributed by atoms with Crippen LogP contribution >= 0.6 is 0 Å². The molecule has 0 saturated carbocycles. The van der Waals surface area contributed by atoms with Gasteiger partial charge in [-0.3, -0.25) is 4.79 Å². The summed E-state index contributed by atoms with van der Waals surface area (Å²) in [6, 6.07) is 15.9. The molecule has 0 bridgehead atoms. The highest BCUT2D eigenvalue weighted by Gasteiger charge is 2.50. The summed E-state index contributed by atoms with van der Waals surface area (Å²) in [5.74, 6) is 2.32. The molecule has 6 heteroatoms. The van der Waals surface area contributed by atoms with Gasteiger partial charge in [-0.05, 0) is 61.2 Å². The zero-order chi connectivity index (χ0) is 22.3. The first-order chi connectivity index (χ1) is 15.5. The Morgan fingerprint density at radius 2 is 2.06 bits per heavy atom. The van der Waals surface area contributed by atoms with Gasteiger partial charge in [0.1, 0.15) is 11.3 Å². The molecule has 0 N–H and O–H groups in total. The number of carbonyl (C=O) groups is 1. The summed E-state index contributed by atoms with van der Waals surface area (Å²) in [6.45, 7) is 6.82. The van der Waals surface area contributed by atoms with E-state index in [4.69, 9.17) is 9.72 Å². The molecule has 1 fully saturated rings. The van der Waals surface area contributed by atoms with Gasteiger partial charge >= 0.3 is 0 Å². The Kier molecular flexibility index (Phi) is 5.16. The van der Waals surface area contributed by atoms with E-state index >= 15 is 0 Å². The average molecular weight is 431 g/mol. The van der Waals surface area contributed by atoms with Crippen LogP contribution in [-0.2, 0) is 5.54 Å². The highest BCUT2D eigenvalue weighted by atomic mass is 16.5. The molecule has 6 nitrogen and oxygen atoms in total. The van der Waals surface area contributed by atoms with E-state index in [1.165, 1.54) is 5.69 Å². The van der Waals surface area contributed by atoms with Gasteiger partial charge in [0, 0.05) is 37.6 Å². The molecule has 2 aliphatic rings. The van der Waals surface area contributed by atoms with Gasteiger partial charge in [0.25, 0.3) is 5.91 Å². The van der Waals surface area contributed by atoms with Crippen molar-refractivity contribution in [3.8, 4) is 11.6 Å². The van der Waals surface area contributed by atoms with Crippen molar-refractivity contribution in [2.75, 3.05) is 31.6 Å². The Labute approximate surface area is 189 Å². The minimum absolute atomic E-state index is 0.0553. The van der Waals surface area contributed by atoms with Gasteiger partial charge in [-0.1, -0.05) is 19.9 Å². The van der Waals surface area contributed by atoms with Gasteiger partial charge in [0.2, 0.25) is 0 Å². The second-order valence-corrected chi connectivity index (χ2v) is 9.18. The first kappa shape index (κ1) is 20.6. The van der Waals surface area contributed by atoms with Crippen LogP contribution in [0.1, 0.15) is 42.7 Å². The van der Waals surface area contributed by atoms with Crippen molar-refractivity contribution in [2.45, 2.75) is 32.2 Å². The van der Waals surface area contributed by atoms with Crippen LogP contribution in [0.25, 0.3) is 5.82 Å². The number of hydrogen-bond acceptors (Lipinski definition) is 4. The van der Waals surface area contributed by atoms with E-state index in [1.54, 1.807) is 7.11 Å². The molecule has 2 aliphatic heterocycles. The van der Waals surface area contributed by atoms with E-state index < -0.39 is 0 Å². The lowest BCUT2D eigenvalue weighted by atomic mass is 9.88. The second-order valence-electron chi connectivity index (χ2n) is 9.18. The number of fused-ring (bicyclic) bond motifs is 4. The molecule has 0 aliphatic carbocycles. The fraction of sp³-hybridized carbons (Fsp3) is 0.385. The van der Waals surface area contributed by atoms with Crippen LogP contribution < -0.4 is 9.64 Å². The number of pyridine rings is 1. The van der Waals surface area contributed by atoms with E-state index in [9.17, 15) is 4.79 Å². The number of rotatable bonds is 5. The van der Waals surface area contributed by atoms with Gasteiger partial charge in [0.15, 0.2) is 5.82 Å². The molecule has 4 heterocycles. The summed E-state index contributed by atoms with van der Waals surface area (Å²) < 4.78 is 7.54. The number of likely N-dealkylation sites (tertiary alicyclic amines) is 1. The third kappa shape index (κ3) is 3.25. The Morgan fingerprint density at radius 1 is 1.19 bits per heavy atom.